The first kappa shape index (κ1) is 14.0. The van der Waals surface area contributed by atoms with Crippen molar-refractivity contribution in [3.63, 3.8) is 0 Å². The summed E-state index contributed by atoms with van der Waals surface area (Å²) < 4.78 is 11.9. The molecule has 7 heteroatoms. The number of aromatic nitrogens is 1. The molecule has 1 saturated heterocycles. The summed E-state index contributed by atoms with van der Waals surface area (Å²) in [6.45, 7) is 8.01. The lowest BCUT2D eigenvalue weighted by molar-refractivity contribution is 0.00578. The van der Waals surface area contributed by atoms with Crippen molar-refractivity contribution >= 4 is 24.1 Å². The molecule has 2 rings (SSSR count). The molecule has 1 aromatic rings. The fourth-order valence-electron chi connectivity index (χ4n) is 1.78. The Morgan fingerprint density at radius 3 is 2.26 bits per heavy atom. The summed E-state index contributed by atoms with van der Waals surface area (Å²) >= 11 is 0. The number of anilines is 1. The number of pyridine rings is 1. The Kier molecular flexibility index (Phi) is 3.36. The summed E-state index contributed by atoms with van der Waals surface area (Å²) in [6, 6.07) is 1.76. The lowest BCUT2D eigenvalue weighted by Gasteiger charge is -2.32. The van der Waals surface area contributed by atoms with Crippen LogP contribution in [0.15, 0.2) is 22.5 Å². The van der Waals surface area contributed by atoms with E-state index < -0.39 is 7.12 Å². The SMILES string of the molecule is CN=Nc1ncc(B2OC(C)(C)C(C)(C)O2)cc1N. The zero-order valence-electron chi connectivity index (χ0n) is 12.0. The monoisotopic (exact) mass is 262 g/mol. The van der Waals surface area contributed by atoms with Gasteiger partial charge in [0.1, 0.15) is 0 Å². The van der Waals surface area contributed by atoms with Crippen molar-refractivity contribution in [2.75, 3.05) is 12.8 Å². The number of rotatable bonds is 2. The number of hydrogen-bond acceptors (Lipinski definition) is 6. The van der Waals surface area contributed by atoms with Crippen LogP contribution in [0.4, 0.5) is 11.5 Å². The third-order valence-corrected chi connectivity index (χ3v) is 3.64. The van der Waals surface area contributed by atoms with Gasteiger partial charge < -0.3 is 15.0 Å². The molecule has 0 amide bonds. The van der Waals surface area contributed by atoms with Gasteiger partial charge >= 0.3 is 7.12 Å². The van der Waals surface area contributed by atoms with E-state index >= 15 is 0 Å². The second-order valence-corrected chi connectivity index (χ2v) is 5.57. The minimum atomic E-state index is -0.465. The third kappa shape index (κ3) is 2.48. The fraction of sp³-hybridized carbons (Fsp3) is 0.583. The second-order valence-electron chi connectivity index (χ2n) is 5.57. The van der Waals surface area contributed by atoms with Crippen LogP contribution in [-0.2, 0) is 9.31 Å². The van der Waals surface area contributed by atoms with Crippen LogP contribution in [0.25, 0.3) is 0 Å². The largest absolute Gasteiger partial charge is 0.496 e. The summed E-state index contributed by atoms with van der Waals surface area (Å²) in [5.74, 6) is 0.405. The zero-order chi connectivity index (χ0) is 14.3. The highest BCUT2D eigenvalue weighted by Crippen LogP contribution is 2.36. The molecule has 0 atom stereocenters. The summed E-state index contributed by atoms with van der Waals surface area (Å²) in [5.41, 5.74) is 6.36. The van der Waals surface area contributed by atoms with E-state index in [1.165, 1.54) is 0 Å². The zero-order valence-corrected chi connectivity index (χ0v) is 12.0. The highest BCUT2D eigenvalue weighted by atomic mass is 16.7. The summed E-state index contributed by atoms with van der Waals surface area (Å²) in [7, 11) is 1.11. The third-order valence-electron chi connectivity index (χ3n) is 3.64. The van der Waals surface area contributed by atoms with E-state index in [-0.39, 0.29) is 11.2 Å². The predicted molar refractivity (Wildman–Crippen MR) is 74.8 cm³/mol. The normalized spacial score (nSPS) is 21.2. The first-order valence-electron chi connectivity index (χ1n) is 6.18. The Balaban J connectivity index is 2.28. The van der Waals surface area contributed by atoms with Gasteiger partial charge in [-0.1, -0.05) is 0 Å². The van der Waals surface area contributed by atoms with Gasteiger partial charge in [-0.3, -0.25) is 0 Å². The number of nitrogens with two attached hydrogens (primary N) is 1. The molecule has 1 aliphatic heterocycles. The van der Waals surface area contributed by atoms with Gasteiger partial charge in [-0.25, -0.2) is 4.98 Å². The Morgan fingerprint density at radius 1 is 1.21 bits per heavy atom. The molecule has 0 spiro atoms. The molecule has 0 radical (unpaired) electrons. The predicted octanol–water partition coefficient (Wildman–Crippen LogP) is 1.68. The smallest absolute Gasteiger partial charge is 0.399 e. The van der Waals surface area contributed by atoms with Crippen LogP contribution >= 0.6 is 0 Å². The van der Waals surface area contributed by atoms with Gasteiger partial charge in [-0.15, -0.1) is 5.11 Å². The highest BCUT2D eigenvalue weighted by Gasteiger charge is 2.51. The average molecular weight is 262 g/mol. The van der Waals surface area contributed by atoms with Crippen LogP contribution < -0.4 is 11.2 Å². The molecule has 102 valence electrons. The summed E-state index contributed by atoms with van der Waals surface area (Å²) in [4.78, 5) is 4.16. The van der Waals surface area contributed by atoms with Gasteiger partial charge in [-0.2, -0.15) is 5.11 Å². The van der Waals surface area contributed by atoms with E-state index in [9.17, 15) is 0 Å². The minimum absolute atomic E-state index is 0.381. The van der Waals surface area contributed by atoms with E-state index in [0.29, 0.717) is 11.5 Å². The maximum atomic E-state index is 5.93. The molecule has 2 N–H and O–H groups in total. The van der Waals surface area contributed by atoms with Crippen molar-refractivity contribution in [2.24, 2.45) is 10.2 Å². The van der Waals surface area contributed by atoms with Crippen LogP contribution in [-0.4, -0.2) is 30.4 Å². The number of hydrogen-bond donors (Lipinski definition) is 1. The first-order valence-corrected chi connectivity index (χ1v) is 6.18. The maximum Gasteiger partial charge on any atom is 0.496 e. The quantitative estimate of drug-likeness (QED) is 0.649. The summed E-state index contributed by atoms with van der Waals surface area (Å²) in [5, 5.41) is 7.50. The lowest BCUT2D eigenvalue weighted by atomic mass is 9.80. The van der Waals surface area contributed by atoms with Crippen molar-refractivity contribution in [3.05, 3.63) is 12.3 Å². The molecule has 19 heavy (non-hydrogen) atoms. The van der Waals surface area contributed by atoms with Crippen LogP contribution in [0.2, 0.25) is 0 Å². The molecular formula is C12H19BN4O2. The molecule has 1 aromatic heterocycles. The van der Waals surface area contributed by atoms with E-state index in [1.807, 2.05) is 27.7 Å². The average Bonchev–Trinajstić information content (AvgIpc) is 2.51. The van der Waals surface area contributed by atoms with E-state index in [0.717, 1.165) is 5.46 Å². The molecule has 6 nitrogen and oxygen atoms in total. The van der Waals surface area contributed by atoms with E-state index in [2.05, 4.69) is 15.2 Å². The Morgan fingerprint density at radius 2 is 1.79 bits per heavy atom. The molecule has 2 heterocycles. The van der Waals surface area contributed by atoms with Crippen LogP contribution in [0, 0.1) is 0 Å². The van der Waals surface area contributed by atoms with Crippen molar-refractivity contribution in [1.29, 1.82) is 0 Å². The van der Waals surface area contributed by atoms with E-state index in [1.54, 1.807) is 19.3 Å². The fourth-order valence-corrected chi connectivity index (χ4v) is 1.78. The molecule has 0 unspecified atom stereocenters. The molecular weight excluding hydrogens is 243 g/mol. The van der Waals surface area contributed by atoms with Crippen LogP contribution in [0.5, 0.6) is 0 Å². The van der Waals surface area contributed by atoms with Crippen LogP contribution in [0.1, 0.15) is 27.7 Å². The Hall–Kier alpha value is -1.47. The van der Waals surface area contributed by atoms with Gasteiger partial charge in [0.15, 0.2) is 5.82 Å². The Labute approximate surface area is 113 Å². The van der Waals surface area contributed by atoms with Crippen molar-refractivity contribution in [3.8, 4) is 0 Å². The topological polar surface area (TPSA) is 82.1 Å². The van der Waals surface area contributed by atoms with Gasteiger partial charge in [0.05, 0.1) is 16.9 Å². The standard InChI is InChI=1S/C12H19BN4O2/c1-11(2)12(3,4)19-13(18-11)8-6-9(14)10(16-7-8)17-15-5/h6-7H,14H2,1-5H3. The second kappa shape index (κ2) is 4.57. The molecule has 0 saturated carbocycles. The van der Waals surface area contributed by atoms with Crippen molar-refractivity contribution in [2.45, 2.75) is 38.9 Å². The van der Waals surface area contributed by atoms with Gasteiger partial charge in [0.2, 0.25) is 0 Å². The molecule has 0 aromatic carbocycles. The summed E-state index contributed by atoms with van der Waals surface area (Å²) in [6.07, 6.45) is 1.66. The van der Waals surface area contributed by atoms with Crippen molar-refractivity contribution < 1.29 is 9.31 Å². The molecule has 0 bridgehead atoms. The maximum absolute atomic E-state index is 5.93. The molecule has 1 fully saturated rings. The Bertz CT molecular complexity index is 500. The number of nitrogens with zero attached hydrogens (tertiary/aromatic N) is 3. The van der Waals surface area contributed by atoms with Crippen molar-refractivity contribution in [1.82, 2.24) is 4.98 Å². The van der Waals surface area contributed by atoms with E-state index in [4.69, 9.17) is 15.0 Å². The number of nitrogen functional groups attached to an aromatic ring is 1. The van der Waals surface area contributed by atoms with Crippen LogP contribution in [0.3, 0.4) is 0 Å². The minimum Gasteiger partial charge on any atom is -0.399 e. The first-order chi connectivity index (χ1) is 8.77. The molecule has 1 aliphatic rings. The number of azo groups is 1. The molecule has 0 aliphatic carbocycles. The van der Waals surface area contributed by atoms with Gasteiger partial charge in [-0.05, 0) is 33.8 Å². The lowest BCUT2D eigenvalue weighted by Crippen LogP contribution is -2.41. The van der Waals surface area contributed by atoms with Gasteiger partial charge in [0.25, 0.3) is 0 Å². The highest BCUT2D eigenvalue weighted by molar-refractivity contribution is 6.62. The van der Waals surface area contributed by atoms with Gasteiger partial charge in [0, 0.05) is 18.7 Å².